The van der Waals surface area contributed by atoms with Crippen LogP contribution >= 0.6 is 0 Å². The minimum Gasteiger partial charge on any atom is -0.379 e. The zero-order valence-electron chi connectivity index (χ0n) is 16.6. The molecule has 0 radical (unpaired) electrons. The first kappa shape index (κ1) is 19.8. The number of ether oxygens (including phenoxy) is 3. The Kier molecular flexibility index (Phi) is 6.04. The highest BCUT2D eigenvalue weighted by atomic mass is 19.1. The summed E-state index contributed by atoms with van der Waals surface area (Å²) in [6, 6.07) is 14.9. The summed E-state index contributed by atoms with van der Waals surface area (Å²) < 4.78 is 34.1. The van der Waals surface area contributed by atoms with Crippen molar-refractivity contribution in [2.75, 3.05) is 13.7 Å². The van der Waals surface area contributed by atoms with Gasteiger partial charge >= 0.3 is 0 Å². The monoisotopic (exact) mass is 396 g/mol. The molecule has 152 valence electrons. The molecular weight excluding hydrogens is 371 g/mol. The minimum atomic E-state index is -0.308. The molecule has 4 rings (SSSR count). The van der Waals surface area contributed by atoms with E-state index in [1.807, 2.05) is 54.1 Å². The Morgan fingerprint density at radius 1 is 1.21 bits per heavy atom. The maximum Gasteiger partial charge on any atom is 0.125 e. The topological polar surface area (TPSA) is 45.5 Å². The van der Waals surface area contributed by atoms with Crippen molar-refractivity contribution in [3.8, 4) is 5.69 Å². The largest absolute Gasteiger partial charge is 0.379 e. The molecule has 0 bridgehead atoms. The predicted octanol–water partition coefficient (Wildman–Crippen LogP) is 4.38. The summed E-state index contributed by atoms with van der Waals surface area (Å²) in [4.78, 5) is 4.21. The van der Waals surface area contributed by atoms with Crippen LogP contribution in [0.25, 0.3) is 5.69 Å². The first-order valence-electron chi connectivity index (χ1n) is 9.76. The van der Waals surface area contributed by atoms with Gasteiger partial charge in [-0.05, 0) is 42.7 Å². The summed E-state index contributed by atoms with van der Waals surface area (Å²) in [6.07, 6.45) is 3.68. The van der Waals surface area contributed by atoms with E-state index in [0.29, 0.717) is 6.61 Å². The Balaban J connectivity index is 1.56. The third-order valence-electron chi connectivity index (χ3n) is 5.28. The lowest BCUT2D eigenvalue weighted by Gasteiger charge is -2.37. The molecule has 0 amide bonds. The maximum atomic E-state index is 14.3. The fourth-order valence-electron chi connectivity index (χ4n) is 3.84. The molecular formula is C23H25FN2O3. The molecule has 0 saturated carbocycles. The molecule has 6 heteroatoms. The molecule has 3 atom stereocenters. The third kappa shape index (κ3) is 4.40. The molecule has 1 aliphatic rings. The number of rotatable bonds is 6. The molecule has 3 aromatic rings. The normalized spacial score (nSPS) is 22.0. The van der Waals surface area contributed by atoms with Gasteiger partial charge in [-0.15, -0.1) is 0 Å². The predicted molar refractivity (Wildman–Crippen MR) is 107 cm³/mol. The molecule has 29 heavy (non-hydrogen) atoms. The van der Waals surface area contributed by atoms with Crippen LogP contribution in [0.15, 0.2) is 60.9 Å². The van der Waals surface area contributed by atoms with E-state index in [4.69, 9.17) is 14.2 Å². The number of aryl methyl sites for hydroxylation is 1. The van der Waals surface area contributed by atoms with Gasteiger partial charge in [0.05, 0.1) is 19.3 Å². The summed E-state index contributed by atoms with van der Waals surface area (Å²) in [5.74, 6) is 0.490. The second kappa shape index (κ2) is 8.86. The highest BCUT2D eigenvalue weighted by molar-refractivity contribution is 5.37. The van der Waals surface area contributed by atoms with Gasteiger partial charge in [-0.2, -0.15) is 0 Å². The van der Waals surface area contributed by atoms with Crippen molar-refractivity contribution in [3.05, 3.63) is 83.7 Å². The van der Waals surface area contributed by atoms with Crippen LogP contribution in [0.4, 0.5) is 4.39 Å². The quantitative estimate of drug-likeness (QED) is 0.620. The number of nitrogens with zero attached hydrogens (tertiary/aromatic N) is 2. The number of imidazole rings is 1. The van der Waals surface area contributed by atoms with Crippen LogP contribution < -0.4 is 0 Å². The molecule has 5 nitrogen and oxygen atoms in total. The Bertz CT molecular complexity index is 944. The van der Waals surface area contributed by atoms with Crippen molar-refractivity contribution in [1.82, 2.24) is 9.55 Å². The highest BCUT2D eigenvalue weighted by Crippen LogP contribution is 2.33. The average Bonchev–Trinajstić information content (AvgIpc) is 3.18. The molecule has 1 fully saturated rings. The second-order valence-electron chi connectivity index (χ2n) is 7.20. The van der Waals surface area contributed by atoms with Gasteiger partial charge in [-0.1, -0.05) is 30.3 Å². The van der Waals surface area contributed by atoms with Crippen molar-refractivity contribution in [2.45, 2.75) is 38.3 Å². The summed E-state index contributed by atoms with van der Waals surface area (Å²) in [5, 5.41) is 0. The van der Waals surface area contributed by atoms with E-state index in [1.54, 1.807) is 13.3 Å². The molecule has 2 aromatic carbocycles. The van der Waals surface area contributed by atoms with Crippen molar-refractivity contribution >= 4 is 0 Å². The summed E-state index contributed by atoms with van der Waals surface area (Å²) in [7, 11) is 1.69. The number of benzene rings is 2. The third-order valence-corrected chi connectivity index (χ3v) is 5.28. The molecule has 0 spiro atoms. The summed E-state index contributed by atoms with van der Waals surface area (Å²) in [5.41, 5.74) is 2.52. The second-order valence-corrected chi connectivity index (χ2v) is 7.20. The Labute approximate surface area is 170 Å². The van der Waals surface area contributed by atoms with Crippen LogP contribution in [-0.2, 0) is 20.8 Å². The van der Waals surface area contributed by atoms with Gasteiger partial charge in [0.15, 0.2) is 0 Å². The van der Waals surface area contributed by atoms with E-state index in [9.17, 15) is 4.39 Å². The number of halogens is 1. The molecule has 0 aliphatic carbocycles. The lowest BCUT2D eigenvalue weighted by Crippen LogP contribution is -2.42. The summed E-state index contributed by atoms with van der Waals surface area (Å²) >= 11 is 0. The Morgan fingerprint density at radius 2 is 2.03 bits per heavy atom. The molecule has 3 unspecified atom stereocenters. The SMILES string of the molecule is COC1CCOC(c2ccccc2)C1OCc1cc(F)cc(-n2ccnc2C)c1. The number of hydrogen-bond donors (Lipinski definition) is 0. The molecule has 1 aliphatic heterocycles. The van der Waals surface area contributed by atoms with E-state index < -0.39 is 0 Å². The fraction of sp³-hybridized carbons (Fsp3) is 0.348. The number of aromatic nitrogens is 2. The van der Waals surface area contributed by atoms with E-state index in [0.717, 1.165) is 29.1 Å². The van der Waals surface area contributed by atoms with Crippen LogP contribution in [0, 0.1) is 12.7 Å². The van der Waals surface area contributed by atoms with E-state index >= 15 is 0 Å². The Hall–Kier alpha value is -2.54. The van der Waals surface area contributed by atoms with Crippen LogP contribution in [0.1, 0.15) is 29.5 Å². The number of methoxy groups -OCH3 is 1. The van der Waals surface area contributed by atoms with E-state index in [2.05, 4.69) is 4.98 Å². The van der Waals surface area contributed by atoms with Crippen molar-refractivity contribution in [3.63, 3.8) is 0 Å². The minimum absolute atomic E-state index is 0.0853. The van der Waals surface area contributed by atoms with Crippen LogP contribution in [0.2, 0.25) is 0 Å². The average molecular weight is 396 g/mol. The van der Waals surface area contributed by atoms with Crippen LogP contribution in [-0.4, -0.2) is 35.5 Å². The van der Waals surface area contributed by atoms with Crippen molar-refractivity contribution in [1.29, 1.82) is 0 Å². The van der Waals surface area contributed by atoms with Gasteiger partial charge in [0, 0.05) is 25.2 Å². The molecule has 1 saturated heterocycles. The maximum absolute atomic E-state index is 14.3. The smallest absolute Gasteiger partial charge is 0.125 e. The zero-order chi connectivity index (χ0) is 20.2. The van der Waals surface area contributed by atoms with Crippen molar-refractivity contribution < 1.29 is 18.6 Å². The lowest BCUT2D eigenvalue weighted by molar-refractivity contribution is -0.175. The van der Waals surface area contributed by atoms with E-state index in [1.165, 1.54) is 12.1 Å². The first-order valence-corrected chi connectivity index (χ1v) is 9.76. The highest BCUT2D eigenvalue weighted by Gasteiger charge is 2.36. The van der Waals surface area contributed by atoms with Gasteiger partial charge < -0.3 is 18.8 Å². The van der Waals surface area contributed by atoms with Gasteiger partial charge in [0.1, 0.15) is 23.8 Å². The molecule has 0 N–H and O–H groups in total. The lowest BCUT2D eigenvalue weighted by atomic mass is 9.96. The fourth-order valence-corrected chi connectivity index (χ4v) is 3.84. The van der Waals surface area contributed by atoms with Gasteiger partial charge in [-0.25, -0.2) is 9.37 Å². The zero-order valence-corrected chi connectivity index (χ0v) is 16.6. The van der Waals surface area contributed by atoms with Gasteiger partial charge in [-0.3, -0.25) is 0 Å². The van der Waals surface area contributed by atoms with Gasteiger partial charge in [0.25, 0.3) is 0 Å². The summed E-state index contributed by atoms with van der Waals surface area (Å²) in [6.45, 7) is 2.76. The Morgan fingerprint density at radius 3 is 2.76 bits per heavy atom. The van der Waals surface area contributed by atoms with Crippen molar-refractivity contribution in [2.24, 2.45) is 0 Å². The van der Waals surface area contributed by atoms with Gasteiger partial charge in [0.2, 0.25) is 0 Å². The molecule has 2 heterocycles. The standard InChI is InChI=1S/C23H25FN2O3/c1-16-25-9-10-26(16)20-13-17(12-19(24)14-20)15-29-23-21(27-2)8-11-28-22(23)18-6-4-3-5-7-18/h3-7,9-10,12-14,21-23H,8,11,15H2,1-2H3. The van der Waals surface area contributed by atoms with E-state index in [-0.39, 0.29) is 30.7 Å². The first-order chi connectivity index (χ1) is 14.2. The molecule has 1 aromatic heterocycles. The van der Waals surface area contributed by atoms with Crippen LogP contribution in [0.5, 0.6) is 0 Å². The number of hydrogen-bond acceptors (Lipinski definition) is 4. The van der Waals surface area contributed by atoms with Crippen LogP contribution in [0.3, 0.4) is 0 Å².